The van der Waals surface area contributed by atoms with E-state index in [1.807, 2.05) is 4.90 Å². The van der Waals surface area contributed by atoms with Crippen LogP contribution in [0.5, 0.6) is 11.5 Å². The number of carboxylic acids is 1. The number of para-hydroxylation sites is 1. The first-order valence-electron chi connectivity index (χ1n) is 15.5. The summed E-state index contributed by atoms with van der Waals surface area (Å²) in [5, 5.41) is 11.4. The van der Waals surface area contributed by atoms with Crippen LogP contribution in [0.15, 0.2) is 48.5 Å². The number of rotatable bonds is 5. The Hall–Kier alpha value is -2.78. The van der Waals surface area contributed by atoms with Crippen LogP contribution < -0.4 is 24.8 Å². The number of benzene rings is 2. The Kier molecular flexibility index (Phi) is 9.67. The number of hydrogen-bond acceptors (Lipinski definition) is 4. The molecular weight excluding hydrogens is 545 g/mol. The number of alkyl halides is 3. The van der Waals surface area contributed by atoms with Crippen molar-refractivity contribution >= 4 is 5.97 Å². The van der Waals surface area contributed by atoms with E-state index in [2.05, 4.69) is 53.8 Å². The molecule has 6 nitrogen and oxygen atoms in total. The van der Waals surface area contributed by atoms with Crippen molar-refractivity contribution in [2.45, 2.75) is 74.9 Å². The van der Waals surface area contributed by atoms with Gasteiger partial charge in [-0.05, 0) is 36.8 Å². The van der Waals surface area contributed by atoms with Crippen LogP contribution in [-0.4, -0.2) is 58.1 Å². The van der Waals surface area contributed by atoms with Crippen LogP contribution in [0.1, 0.15) is 68.4 Å². The maximum Gasteiger partial charge on any atom is 0.430 e. The zero-order chi connectivity index (χ0) is 29.7. The van der Waals surface area contributed by atoms with E-state index in [1.54, 1.807) is 12.7 Å². The number of quaternary nitrogens is 2. The Morgan fingerprint density at radius 1 is 1.10 bits per heavy atom. The molecule has 3 fully saturated rings. The highest BCUT2D eigenvalue weighted by Crippen LogP contribution is 2.48. The van der Waals surface area contributed by atoms with Crippen molar-refractivity contribution in [2.75, 3.05) is 39.9 Å². The summed E-state index contributed by atoms with van der Waals surface area (Å²) in [5.74, 6) is 1.27. The summed E-state index contributed by atoms with van der Waals surface area (Å²) < 4.78 is 43.5. The van der Waals surface area contributed by atoms with Crippen molar-refractivity contribution in [2.24, 2.45) is 11.8 Å². The molecule has 1 unspecified atom stereocenters. The quantitative estimate of drug-likeness (QED) is 0.562. The number of hydrogen-bond donors (Lipinski definition) is 2. The van der Waals surface area contributed by atoms with Gasteiger partial charge < -0.3 is 29.6 Å². The van der Waals surface area contributed by atoms with Gasteiger partial charge in [0, 0.05) is 24.3 Å². The van der Waals surface area contributed by atoms with Gasteiger partial charge in [0.15, 0.2) is 11.5 Å². The first-order valence-corrected chi connectivity index (χ1v) is 15.5. The minimum atomic E-state index is -5.19. The monoisotopic (exact) mass is 589 g/mol. The molecule has 3 heterocycles. The molecule has 5 atom stereocenters. The van der Waals surface area contributed by atoms with E-state index in [1.165, 1.54) is 76.7 Å². The molecule has 1 aliphatic carbocycles. The number of fused-ring (bicyclic) bond motifs is 2. The fourth-order valence-electron chi connectivity index (χ4n) is 8.33. The Labute approximate surface area is 246 Å². The standard InChI is InChI=1S/C31H42N2O2.C2HF3O2/c1-34-29-14-8-13-27-30(29)35-18-16-31(27)22-32-20-26(31)21-33-17-15-25(23-9-4-2-5-10-23)19-28(33)24-11-6-3-7-12-24;3-2(4,5)1(6)7/h2,4-5,8-10,13-14,24-26,28,32H,3,6-7,11-12,15-22H2,1H3;(H,6,7)/p+1/t25-,26+,28+,31-;/m1./s1. The molecule has 1 saturated carbocycles. The number of nitrogens with two attached hydrogens (primary N) is 1. The summed E-state index contributed by atoms with van der Waals surface area (Å²) in [4.78, 5) is 10.7. The minimum Gasteiger partial charge on any atom is -0.542 e. The van der Waals surface area contributed by atoms with Gasteiger partial charge in [0.25, 0.3) is 0 Å². The average molecular weight is 590 g/mol. The number of carbonyl (C=O) groups excluding carboxylic acids is 1. The van der Waals surface area contributed by atoms with Crippen molar-refractivity contribution < 1.29 is 42.8 Å². The molecule has 1 spiro atoms. The van der Waals surface area contributed by atoms with E-state index >= 15 is 0 Å². The first-order chi connectivity index (χ1) is 20.2. The third-order valence-electron chi connectivity index (χ3n) is 10.4. The molecular formula is C33H44F3N2O4+. The summed E-state index contributed by atoms with van der Waals surface area (Å²) in [6.45, 7) is 5.90. The number of piperidine rings is 1. The topological polar surface area (TPSA) is 79.6 Å². The first kappa shape index (κ1) is 30.7. The van der Waals surface area contributed by atoms with Gasteiger partial charge in [-0.1, -0.05) is 61.7 Å². The van der Waals surface area contributed by atoms with Crippen LogP contribution >= 0.6 is 0 Å². The lowest BCUT2D eigenvalue weighted by Gasteiger charge is -2.45. The average Bonchev–Trinajstić information content (AvgIpc) is 3.40. The van der Waals surface area contributed by atoms with E-state index in [-0.39, 0.29) is 5.41 Å². The number of aliphatic carboxylic acids is 1. The number of nitrogens with one attached hydrogen (secondary N) is 1. The van der Waals surface area contributed by atoms with Gasteiger partial charge in [-0.15, -0.1) is 0 Å². The molecule has 2 aromatic rings. The van der Waals surface area contributed by atoms with Gasteiger partial charge in [-0.3, -0.25) is 0 Å². The van der Waals surface area contributed by atoms with Gasteiger partial charge >= 0.3 is 6.18 Å². The van der Waals surface area contributed by atoms with Crippen LogP contribution in [0.3, 0.4) is 0 Å². The largest absolute Gasteiger partial charge is 0.542 e. The second-order valence-electron chi connectivity index (χ2n) is 12.6. The van der Waals surface area contributed by atoms with E-state index in [0.29, 0.717) is 5.92 Å². The lowest BCUT2D eigenvalue weighted by Crippen LogP contribution is -3.18. The summed E-state index contributed by atoms with van der Waals surface area (Å²) in [7, 11) is 1.77. The Balaban J connectivity index is 0.000000451. The zero-order valence-electron chi connectivity index (χ0n) is 24.5. The van der Waals surface area contributed by atoms with Gasteiger partial charge in [-0.25, -0.2) is 0 Å². The maximum atomic E-state index is 10.5. The molecule has 230 valence electrons. The zero-order valence-corrected chi connectivity index (χ0v) is 24.5. The third kappa shape index (κ3) is 6.57. The fourth-order valence-corrected chi connectivity index (χ4v) is 8.33. The molecule has 0 amide bonds. The minimum absolute atomic E-state index is 0.225. The van der Waals surface area contributed by atoms with Crippen molar-refractivity contribution in [3.8, 4) is 11.5 Å². The van der Waals surface area contributed by atoms with Crippen LogP contribution in [0.4, 0.5) is 13.2 Å². The summed E-state index contributed by atoms with van der Waals surface area (Å²) in [6, 6.07) is 18.8. The highest BCUT2D eigenvalue weighted by atomic mass is 19.4. The van der Waals surface area contributed by atoms with Crippen LogP contribution in [0.25, 0.3) is 0 Å². The van der Waals surface area contributed by atoms with Crippen molar-refractivity contribution in [3.05, 3.63) is 59.7 Å². The summed E-state index contributed by atoms with van der Waals surface area (Å²) >= 11 is 0. The lowest BCUT2D eigenvalue weighted by molar-refractivity contribution is -0.939. The highest BCUT2D eigenvalue weighted by molar-refractivity contribution is 5.70. The Bertz CT molecular complexity index is 1190. The number of likely N-dealkylation sites (tertiary alicyclic amines) is 1. The van der Waals surface area contributed by atoms with Crippen molar-refractivity contribution in [1.82, 2.24) is 0 Å². The van der Waals surface area contributed by atoms with Crippen LogP contribution in [0, 0.1) is 11.8 Å². The van der Waals surface area contributed by atoms with Gasteiger partial charge in [0.1, 0.15) is 5.97 Å². The van der Waals surface area contributed by atoms with E-state index in [4.69, 9.17) is 19.4 Å². The Morgan fingerprint density at radius 2 is 1.83 bits per heavy atom. The normalized spacial score (nSPS) is 29.6. The SMILES string of the molecule is COc1cccc2c1OCC[C@]21C[NH2+]C[C@H]1C[NH+]1CC[C@@H](c2ccccc2)C[C@H]1C1CCCCC1.O=C([O-])C(F)(F)F. The van der Waals surface area contributed by atoms with Gasteiger partial charge in [0.2, 0.25) is 0 Å². The van der Waals surface area contributed by atoms with Crippen molar-refractivity contribution in [3.63, 3.8) is 0 Å². The molecule has 9 heteroatoms. The molecule has 2 aromatic carbocycles. The molecule has 0 radical (unpaired) electrons. The molecule has 3 aliphatic heterocycles. The molecule has 0 aromatic heterocycles. The maximum absolute atomic E-state index is 10.5. The van der Waals surface area contributed by atoms with Crippen LogP contribution in [0.2, 0.25) is 0 Å². The summed E-state index contributed by atoms with van der Waals surface area (Å²) in [6.07, 6.45) is 5.88. The Morgan fingerprint density at radius 3 is 2.52 bits per heavy atom. The van der Waals surface area contributed by atoms with Gasteiger partial charge in [-0.2, -0.15) is 13.2 Å². The fraction of sp³-hybridized carbons (Fsp3) is 0.606. The predicted octanol–water partition coefficient (Wildman–Crippen LogP) is 2.62. The predicted molar refractivity (Wildman–Crippen MR) is 150 cm³/mol. The van der Waals surface area contributed by atoms with Gasteiger partial charge in [0.05, 0.1) is 57.3 Å². The highest BCUT2D eigenvalue weighted by Gasteiger charge is 2.53. The second kappa shape index (κ2) is 13.2. The molecule has 0 bridgehead atoms. The number of carboxylic acid groups (broad SMARTS) is 1. The molecule has 3 N–H and O–H groups in total. The number of ether oxygens (including phenoxy) is 2. The summed E-state index contributed by atoms with van der Waals surface area (Å²) in [5.41, 5.74) is 3.21. The van der Waals surface area contributed by atoms with E-state index in [9.17, 15) is 13.2 Å². The van der Waals surface area contributed by atoms with E-state index in [0.717, 1.165) is 42.4 Å². The lowest BCUT2D eigenvalue weighted by atomic mass is 9.68. The smallest absolute Gasteiger partial charge is 0.430 e. The van der Waals surface area contributed by atoms with E-state index < -0.39 is 12.1 Å². The molecule has 42 heavy (non-hydrogen) atoms. The van der Waals surface area contributed by atoms with Crippen molar-refractivity contribution in [1.29, 1.82) is 0 Å². The number of methoxy groups -OCH3 is 1. The number of carbonyl (C=O) groups is 1. The molecule has 2 saturated heterocycles. The second-order valence-corrected chi connectivity index (χ2v) is 12.6. The third-order valence-corrected chi connectivity index (χ3v) is 10.4. The molecule has 6 rings (SSSR count). The van der Waals surface area contributed by atoms with Crippen LogP contribution in [-0.2, 0) is 10.2 Å². The number of halogens is 3. The molecule has 4 aliphatic rings.